The van der Waals surface area contributed by atoms with E-state index in [2.05, 4.69) is 24.5 Å². The van der Waals surface area contributed by atoms with Crippen molar-refractivity contribution in [1.29, 1.82) is 0 Å². The van der Waals surface area contributed by atoms with Crippen LogP contribution in [0.25, 0.3) is 0 Å². The fourth-order valence-corrected chi connectivity index (χ4v) is 8.19. The summed E-state index contributed by atoms with van der Waals surface area (Å²) in [7, 11) is -2.41. The van der Waals surface area contributed by atoms with Gasteiger partial charge in [-0.1, -0.05) is 104 Å². The van der Waals surface area contributed by atoms with Crippen molar-refractivity contribution < 1.29 is 20.1 Å². The molecule has 3 aliphatic rings. The Kier molecular flexibility index (Phi) is 15.8. The molecule has 8 unspecified atom stereocenters. The van der Waals surface area contributed by atoms with Crippen molar-refractivity contribution >= 4 is 14.2 Å². The van der Waals surface area contributed by atoms with Crippen LogP contribution >= 0.6 is 0 Å². The van der Waals surface area contributed by atoms with E-state index in [1.807, 2.05) is 0 Å². The number of rotatable bonds is 10. The molecule has 39 heavy (non-hydrogen) atoms. The van der Waals surface area contributed by atoms with Crippen LogP contribution in [0.4, 0.5) is 0 Å². The molecular weight excluding hydrogens is 486 g/mol. The highest BCUT2D eigenvalue weighted by atomic mass is 16.4. The van der Waals surface area contributed by atoms with Gasteiger partial charge in [-0.25, -0.2) is 0 Å². The van der Waals surface area contributed by atoms with E-state index in [1.54, 1.807) is 0 Å². The van der Waals surface area contributed by atoms with Gasteiger partial charge in [0.15, 0.2) is 0 Å². The van der Waals surface area contributed by atoms with Crippen LogP contribution in [0.5, 0.6) is 0 Å². The average Bonchev–Trinajstić information content (AvgIpc) is 3.01. The van der Waals surface area contributed by atoms with Gasteiger partial charge in [0.05, 0.1) is 0 Å². The molecule has 0 heterocycles. The lowest BCUT2D eigenvalue weighted by atomic mass is 9.67. The molecule has 226 valence electrons. The quantitative estimate of drug-likeness (QED) is 0.117. The molecule has 0 aromatic heterocycles. The zero-order chi connectivity index (χ0) is 28.0. The van der Waals surface area contributed by atoms with E-state index in [4.69, 9.17) is 0 Å². The van der Waals surface area contributed by atoms with Crippen LogP contribution in [0.1, 0.15) is 149 Å². The Morgan fingerprint density at radius 1 is 0.590 bits per heavy atom. The predicted octanol–water partition coefficient (Wildman–Crippen LogP) is 5.83. The fraction of sp³-hybridized carbons (Fsp3) is 1.00. The minimum Gasteiger partial charge on any atom is -0.427 e. The Morgan fingerprint density at radius 2 is 1.08 bits per heavy atom. The second-order valence-electron chi connectivity index (χ2n) is 13.7. The van der Waals surface area contributed by atoms with Gasteiger partial charge in [-0.2, -0.15) is 0 Å². The zero-order valence-electron chi connectivity index (χ0n) is 25.4. The second kappa shape index (κ2) is 18.4. The minimum absolute atomic E-state index is 0.0185. The smallest absolute Gasteiger partial charge is 0.427 e. The van der Waals surface area contributed by atoms with E-state index >= 15 is 0 Å². The Hall–Kier alpha value is -0.110. The topological polar surface area (TPSA) is 105 Å². The Labute approximate surface area is 241 Å². The van der Waals surface area contributed by atoms with E-state index < -0.39 is 14.2 Å². The third-order valence-corrected chi connectivity index (χ3v) is 10.7. The Morgan fingerprint density at radius 3 is 1.59 bits per heavy atom. The maximum absolute atomic E-state index is 10.1. The normalized spacial score (nSPS) is 35.8. The molecule has 0 saturated heterocycles. The van der Waals surface area contributed by atoms with Gasteiger partial charge in [0, 0.05) is 24.2 Å². The highest BCUT2D eigenvalue weighted by molar-refractivity contribution is 6.43. The van der Waals surface area contributed by atoms with E-state index in [-0.39, 0.29) is 11.6 Å². The lowest BCUT2D eigenvalue weighted by molar-refractivity contribution is 0.183. The SMILES string of the molecule is CCCCCC1C(NC2CCCCCCC(B(O)O)C2)CCCC(NC2CCCCCCC(B(O)O)C2)C1C. The first-order valence-electron chi connectivity index (χ1n) is 17.1. The third-order valence-electron chi connectivity index (χ3n) is 10.7. The molecule has 0 aromatic rings. The molecular formula is C31H62B2N2O4. The maximum Gasteiger partial charge on any atom is 0.454 e. The van der Waals surface area contributed by atoms with Crippen LogP contribution in [0.15, 0.2) is 0 Å². The summed E-state index contributed by atoms with van der Waals surface area (Å²) in [5, 5.41) is 48.5. The molecule has 0 spiro atoms. The third kappa shape index (κ3) is 11.6. The second-order valence-corrected chi connectivity index (χ2v) is 13.7. The summed E-state index contributed by atoms with van der Waals surface area (Å²) in [6, 6.07) is 1.69. The predicted molar refractivity (Wildman–Crippen MR) is 165 cm³/mol. The van der Waals surface area contributed by atoms with Gasteiger partial charge in [-0.3, -0.25) is 0 Å². The molecule has 3 rings (SSSR count). The van der Waals surface area contributed by atoms with Gasteiger partial charge in [0.1, 0.15) is 0 Å². The molecule has 8 atom stereocenters. The van der Waals surface area contributed by atoms with Gasteiger partial charge in [-0.05, 0) is 68.4 Å². The number of hydrogen-bond donors (Lipinski definition) is 6. The first-order chi connectivity index (χ1) is 18.9. The molecule has 3 fully saturated rings. The number of nitrogens with one attached hydrogen (secondary N) is 2. The summed E-state index contributed by atoms with van der Waals surface area (Å²) in [5.41, 5.74) is 0. The summed E-state index contributed by atoms with van der Waals surface area (Å²) in [6.45, 7) is 4.77. The number of unbranched alkanes of at least 4 members (excludes halogenated alkanes) is 2. The highest BCUT2D eigenvalue weighted by Gasteiger charge is 2.37. The van der Waals surface area contributed by atoms with Crippen LogP contribution in [-0.2, 0) is 0 Å². The minimum atomic E-state index is -1.21. The molecule has 6 nitrogen and oxygen atoms in total. The largest absolute Gasteiger partial charge is 0.454 e. The summed E-state index contributed by atoms with van der Waals surface area (Å²) in [4.78, 5) is 0. The first-order valence-corrected chi connectivity index (χ1v) is 17.1. The van der Waals surface area contributed by atoms with Crippen molar-refractivity contribution in [2.24, 2.45) is 11.8 Å². The Balaban J connectivity index is 1.71. The van der Waals surface area contributed by atoms with E-state index in [0.717, 1.165) is 51.4 Å². The molecule has 0 bridgehead atoms. The lowest BCUT2D eigenvalue weighted by Gasteiger charge is -2.38. The summed E-state index contributed by atoms with van der Waals surface area (Å²) in [6.07, 6.45) is 24.1. The van der Waals surface area contributed by atoms with Crippen molar-refractivity contribution in [1.82, 2.24) is 10.6 Å². The molecule has 0 aliphatic heterocycles. The van der Waals surface area contributed by atoms with Gasteiger partial charge >= 0.3 is 14.2 Å². The van der Waals surface area contributed by atoms with Crippen molar-refractivity contribution in [2.45, 2.75) is 184 Å². The van der Waals surface area contributed by atoms with Gasteiger partial charge in [0.2, 0.25) is 0 Å². The molecule has 0 aromatic carbocycles. The zero-order valence-corrected chi connectivity index (χ0v) is 25.4. The molecule has 3 saturated carbocycles. The molecule has 8 heteroatoms. The van der Waals surface area contributed by atoms with Crippen molar-refractivity contribution in [2.75, 3.05) is 0 Å². The van der Waals surface area contributed by atoms with Crippen molar-refractivity contribution in [3.05, 3.63) is 0 Å². The monoisotopic (exact) mass is 548 g/mol. The first kappa shape index (κ1) is 33.4. The summed E-state index contributed by atoms with van der Waals surface area (Å²) in [5.74, 6) is 1.13. The highest BCUT2D eigenvalue weighted by Crippen LogP contribution is 2.36. The van der Waals surface area contributed by atoms with E-state index in [0.29, 0.717) is 36.0 Å². The van der Waals surface area contributed by atoms with Crippen LogP contribution < -0.4 is 10.6 Å². The molecule has 0 amide bonds. The Bertz CT molecular complexity index is 644. The van der Waals surface area contributed by atoms with Crippen LogP contribution in [-0.4, -0.2) is 58.5 Å². The summed E-state index contributed by atoms with van der Waals surface area (Å²) >= 11 is 0. The lowest BCUT2D eigenvalue weighted by Crippen LogP contribution is -2.49. The standard InChI is InChI=1S/C31H62B2N2O4/c1-3-4-9-19-29-24(2)30(34-27-17-12-7-5-10-15-25(22-27)32(36)37)20-14-21-31(29)35-28-18-13-8-6-11-16-26(23-28)33(38)39/h24-31,34-39H,3-23H2,1-2H3. The van der Waals surface area contributed by atoms with Crippen molar-refractivity contribution in [3.63, 3.8) is 0 Å². The van der Waals surface area contributed by atoms with Crippen LogP contribution in [0.2, 0.25) is 11.6 Å². The van der Waals surface area contributed by atoms with Gasteiger partial charge in [0.25, 0.3) is 0 Å². The molecule has 6 N–H and O–H groups in total. The molecule has 3 aliphatic carbocycles. The van der Waals surface area contributed by atoms with Crippen LogP contribution in [0, 0.1) is 11.8 Å². The number of hydrogen-bond acceptors (Lipinski definition) is 6. The molecule has 0 radical (unpaired) electrons. The van der Waals surface area contributed by atoms with Crippen molar-refractivity contribution in [3.8, 4) is 0 Å². The average molecular weight is 548 g/mol. The van der Waals surface area contributed by atoms with E-state index in [1.165, 1.54) is 83.5 Å². The summed E-state index contributed by atoms with van der Waals surface area (Å²) < 4.78 is 0. The fourth-order valence-electron chi connectivity index (χ4n) is 8.19. The van der Waals surface area contributed by atoms with Crippen LogP contribution in [0.3, 0.4) is 0 Å². The van der Waals surface area contributed by atoms with Gasteiger partial charge < -0.3 is 30.7 Å². The van der Waals surface area contributed by atoms with E-state index in [9.17, 15) is 20.1 Å². The van der Waals surface area contributed by atoms with Gasteiger partial charge in [-0.15, -0.1) is 0 Å². The maximum atomic E-state index is 10.1.